The minimum Gasteiger partial charge on any atom is -0.485 e. The number of nitrogens with two attached hydrogens (primary N) is 1. The van der Waals surface area contributed by atoms with Gasteiger partial charge in [0.2, 0.25) is 0 Å². The van der Waals surface area contributed by atoms with Crippen LogP contribution in [-0.4, -0.2) is 12.3 Å². The van der Waals surface area contributed by atoms with Gasteiger partial charge in [-0.2, -0.15) is 0 Å². The number of benzene rings is 1. The van der Waals surface area contributed by atoms with Gasteiger partial charge in [0.05, 0.1) is 5.71 Å². The Labute approximate surface area is 70.9 Å². The monoisotopic (exact) mass is 162 g/mol. The lowest BCUT2D eigenvalue weighted by atomic mass is 10.2. The Kier molecular flexibility index (Phi) is 1.50. The predicted octanol–water partition coefficient (Wildman–Crippen LogP) is 1.75. The first-order valence-electron chi connectivity index (χ1n) is 3.82. The summed E-state index contributed by atoms with van der Waals surface area (Å²) in [6, 6.07) is 5.49. The Morgan fingerprint density at radius 1 is 1.50 bits per heavy atom. The molecule has 0 bridgehead atoms. The molecule has 1 aromatic carbocycles. The highest BCUT2D eigenvalue weighted by molar-refractivity contribution is 5.88. The highest BCUT2D eigenvalue weighted by Crippen LogP contribution is 2.31. The van der Waals surface area contributed by atoms with Crippen molar-refractivity contribution in [2.45, 2.75) is 6.92 Å². The maximum absolute atomic E-state index is 5.59. The quantitative estimate of drug-likeness (QED) is 0.591. The Bertz CT molecular complexity index is 344. The van der Waals surface area contributed by atoms with Crippen molar-refractivity contribution in [3.63, 3.8) is 0 Å². The number of hydrogen-bond donors (Lipinski definition) is 1. The molecule has 12 heavy (non-hydrogen) atoms. The maximum atomic E-state index is 5.59. The summed E-state index contributed by atoms with van der Waals surface area (Å²) in [4.78, 5) is 4.32. The zero-order valence-corrected chi connectivity index (χ0v) is 6.87. The Morgan fingerprint density at radius 3 is 3.17 bits per heavy atom. The molecule has 62 valence electrons. The first kappa shape index (κ1) is 7.16. The fourth-order valence-electron chi connectivity index (χ4n) is 1.16. The van der Waals surface area contributed by atoms with Crippen molar-refractivity contribution < 1.29 is 4.74 Å². The molecule has 0 amide bonds. The van der Waals surface area contributed by atoms with Gasteiger partial charge in [0.1, 0.15) is 18.0 Å². The van der Waals surface area contributed by atoms with Crippen molar-refractivity contribution in [3.05, 3.63) is 18.2 Å². The van der Waals surface area contributed by atoms with Gasteiger partial charge in [-0.1, -0.05) is 0 Å². The van der Waals surface area contributed by atoms with Crippen molar-refractivity contribution in [2.75, 3.05) is 12.3 Å². The molecule has 1 aliphatic heterocycles. The largest absolute Gasteiger partial charge is 0.485 e. The van der Waals surface area contributed by atoms with E-state index < -0.39 is 0 Å². The van der Waals surface area contributed by atoms with Gasteiger partial charge in [-0.05, 0) is 19.1 Å². The van der Waals surface area contributed by atoms with Crippen LogP contribution in [0.4, 0.5) is 11.4 Å². The average Bonchev–Trinajstić information content (AvgIpc) is 2.05. The summed E-state index contributed by atoms with van der Waals surface area (Å²) in [5.41, 5.74) is 8.16. The van der Waals surface area contributed by atoms with E-state index in [4.69, 9.17) is 10.5 Å². The van der Waals surface area contributed by atoms with E-state index in [1.807, 2.05) is 19.1 Å². The van der Waals surface area contributed by atoms with Crippen molar-refractivity contribution in [1.82, 2.24) is 0 Å². The van der Waals surface area contributed by atoms with E-state index in [9.17, 15) is 0 Å². The molecule has 0 saturated carbocycles. The Hall–Kier alpha value is -1.51. The zero-order chi connectivity index (χ0) is 8.55. The summed E-state index contributed by atoms with van der Waals surface area (Å²) >= 11 is 0. The molecule has 0 unspecified atom stereocenters. The number of rotatable bonds is 0. The second-order valence-corrected chi connectivity index (χ2v) is 2.86. The summed E-state index contributed by atoms with van der Waals surface area (Å²) in [6.45, 7) is 2.51. The molecule has 0 aliphatic carbocycles. The summed E-state index contributed by atoms with van der Waals surface area (Å²) in [6.07, 6.45) is 0. The molecular weight excluding hydrogens is 152 g/mol. The Morgan fingerprint density at radius 2 is 2.33 bits per heavy atom. The van der Waals surface area contributed by atoms with Crippen molar-refractivity contribution in [3.8, 4) is 5.75 Å². The third-order valence-corrected chi connectivity index (χ3v) is 1.73. The zero-order valence-electron chi connectivity index (χ0n) is 6.87. The van der Waals surface area contributed by atoms with Crippen LogP contribution >= 0.6 is 0 Å². The van der Waals surface area contributed by atoms with E-state index in [1.165, 1.54) is 0 Å². The molecule has 3 nitrogen and oxygen atoms in total. The number of fused-ring (bicyclic) bond motifs is 1. The van der Waals surface area contributed by atoms with Crippen LogP contribution < -0.4 is 10.5 Å². The molecule has 1 aliphatic rings. The third kappa shape index (κ3) is 1.13. The molecule has 2 rings (SSSR count). The van der Waals surface area contributed by atoms with Gasteiger partial charge in [0, 0.05) is 11.8 Å². The SMILES string of the molecule is CC1=Nc2ccc(N)cc2OC1. The molecule has 0 atom stereocenters. The van der Waals surface area contributed by atoms with Crippen molar-refractivity contribution in [1.29, 1.82) is 0 Å². The minimum absolute atomic E-state index is 0.566. The van der Waals surface area contributed by atoms with E-state index >= 15 is 0 Å². The normalized spacial score (nSPS) is 14.6. The predicted molar refractivity (Wildman–Crippen MR) is 49.1 cm³/mol. The summed E-state index contributed by atoms with van der Waals surface area (Å²) in [5, 5.41) is 0. The van der Waals surface area contributed by atoms with Gasteiger partial charge in [0.15, 0.2) is 0 Å². The number of nitrogen functional groups attached to an aromatic ring is 1. The number of hydrogen-bond acceptors (Lipinski definition) is 3. The van der Waals surface area contributed by atoms with Gasteiger partial charge in [0.25, 0.3) is 0 Å². The standard InChI is InChI=1S/C9H10N2O/c1-6-5-12-9-4-7(10)2-3-8(9)11-6/h2-4H,5,10H2,1H3. The lowest BCUT2D eigenvalue weighted by molar-refractivity contribution is 0.372. The average molecular weight is 162 g/mol. The summed E-state index contributed by atoms with van der Waals surface area (Å²) in [7, 11) is 0. The second kappa shape index (κ2) is 2.52. The smallest absolute Gasteiger partial charge is 0.147 e. The van der Waals surface area contributed by atoms with Gasteiger partial charge >= 0.3 is 0 Å². The number of nitrogens with zero attached hydrogens (tertiary/aromatic N) is 1. The van der Waals surface area contributed by atoms with Crippen LogP contribution in [0.5, 0.6) is 5.75 Å². The van der Waals surface area contributed by atoms with Gasteiger partial charge in [-0.25, -0.2) is 0 Å². The first-order valence-corrected chi connectivity index (χ1v) is 3.82. The molecule has 0 aromatic heterocycles. The fraction of sp³-hybridized carbons (Fsp3) is 0.222. The number of ether oxygens (including phenoxy) is 1. The molecule has 2 N–H and O–H groups in total. The van der Waals surface area contributed by atoms with Gasteiger partial charge in [-0.15, -0.1) is 0 Å². The van der Waals surface area contributed by atoms with Gasteiger partial charge < -0.3 is 10.5 Å². The molecule has 0 fully saturated rings. The molecule has 1 aromatic rings. The molecule has 0 saturated heterocycles. The summed E-state index contributed by atoms with van der Waals surface area (Å²) < 4.78 is 5.41. The number of anilines is 1. The highest BCUT2D eigenvalue weighted by atomic mass is 16.5. The van der Waals surface area contributed by atoms with Crippen LogP contribution in [0.2, 0.25) is 0 Å². The van der Waals surface area contributed by atoms with Crippen LogP contribution in [-0.2, 0) is 0 Å². The minimum atomic E-state index is 0.566. The molecule has 3 heteroatoms. The maximum Gasteiger partial charge on any atom is 0.147 e. The topological polar surface area (TPSA) is 47.6 Å². The van der Waals surface area contributed by atoms with E-state index in [-0.39, 0.29) is 0 Å². The van der Waals surface area contributed by atoms with Crippen LogP contribution in [0, 0.1) is 0 Å². The van der Waals surface area contributed by atoms with Crippen LogP contribution in [0.25, 0.3) is 0 Å². The Balaban J connectivity index is 2.51. The second-order valence-electron chi connectivity index (χ2n) is 2.86. The molecule has 0 spiro atoms. The molecular formula is C9H10N2O. The van der Waals surface area contributed by atoms with Crippen LogP contribution in [0.3, 0.4) is 0 Å². The first-order chi connectivity index (χ1) is 5.75. The van der Waals surface area contributed by atoms with E-state index in [0.29, 0.717) is 12.3 Å². The van der Waals surface area contributed by atoms with E-state index in [2.05, 4.69) is 4.99 Å². The van der Waals surface area contributed by atoms with Crippen LogP contribution in [0.1, 0.15) is 6.92 Å². The van der Waals surface area contributed by atoms with E-state index in [0.717, 1.165) is 17.1 Å². The molecule has 0 radical (unpaired) electrons. The van der Waals surface area contributed by atoms with Crippen molar-refractivity contribution >= 4 is 17.1 Å². The lowest BCUT2D eigenvalue weighted by Gasteiger charge is -2.14. The fourth-order valence-corrected chi connectivity index (χ4v) is 1.16. The summed E-state index contributed by atoms with van der Waals surface area (Å²) in [5.74, 6) is 0.778. The molecule has 1 heterocycles. The lowest BCUT2D eigenvalue weighted by Crippen LogP contribution is -2.11. The van der Waals surface area contributed by atoms with E-state index in [1.54, 1.807) is 6.07 Å². The van der Waals surface area contributed by atoms with Crippen molar-refractivity contribution in [2.24, 2.45) is 4.99 Å². The third-order valence-electron chi connectivity index (χ3n) is 1.73. The van der Waals surface area contributed by atoms with Crippen LogP contribution in [0.15, 0.2) is 23.2 Å². The highest BCUT2D eigenvalue weighted by Gasteiger charge is 2.09. The number of aliphatic imine (C=N–C) groups is 1. The van der Waals surface area contributed by atoms with Gasteiger partial charge in [-0.3, -0.25) is 4.99 Å².